The van der Waals surface area contributed by atoms with E-state index in [2.05, 4.69) is 15.5 Å². The standard InChI is InChI=1S/C13H13ClN4O3S/c1-15-13(19)12-9(7-11(14)17-18-12)16-8-5-3-4-6-10(8)22(2,20)21/h3-7H,1-2H3,(H,15,19)(H,16,17)/i1D3. The lowest BCUT2D eigenvalue weighted by atomic mass is 10.2. The van der Waals surface area contributed by atoms with Crippen LogP contribution in [0.3, 0.4) is 0 Å². The fourth-order valence-corrected chi connectivity index (χ4v) is 2.72. The van der Waals surface area contributed by atoms with E-state index in [1.807, 2.05) is 0 Å². The van der Waals surface area contributed by atoms with Gasteiger partial charge in [0.2, 0.25) is 0 Å². The van der Waals surface area contributed by atoms with Gasteiger partial charge in [-0.1, -0.05) is 23.7 Å². The maximum atomic E-state index is 12.1. The first-order chi connectivity index (χ1) is 11.5. The van der Waals surface area contributed by atoms with Gasteiger partial charge in [-0.2, -0.15) is 0 Å². The summed E-state index contributed by atoms with van der Waals surface area (Å²) >= 11 is 5.78. The SMILES string of the molecule is [2H]C([2H])([2H])NC(=O)c1nnc(Cl)cc1Nc1ccccc1S(C)(=O)=O. The van der Waals surface area contributed by atoms with Gasteiger partial charge in [-0.15, -0.1) is 10.2 Å². The van der Waals surface area contributed by atoms with E-state index >= 15 is 0 Å². The zero-order chi connectivity index (χ0) is 18.8. The topological polar surface area (TPSA) is 101 Å². The molecule has 9 heteroatoms. The molecule has 0 bridgehead atoms. The summed E-state index contributed by atoms with van der Waals surface area (Å²) < 4.78 is 45.0. The number of halogens is 1. The van der Waals surface area contributed by atoms with E-state index in [4.69, 9.17) is 15.7 Å². The number of carbonyl (C=O) groups is 1. The molecule has 2 aromatic rings. The highest BCUT2D eigenvalue weighted by atomic mass is 35.5. The van der Waals surface area contributed by atoms with E-state index in [0.29, 0.717) is 0 Å². The van der Waals surface area contributed by atoms with Crippen LogP contribution in [0.1, 0.15) is 14.6 Å². The van der Waals surface area contributed by atoms with Crippen molar-refractivity contribution >= 4 is 38.7 Å². The smallest absolute Gasteiger partial charge is 0.273 e. The van der Waals surface area contributed by atoms with Gasteiger partial charge in [-0.25, -0.2) is 8.42 Å². The number of hydrogen-bond acceptors (Lipinski definition) is 6. The van der Waals surface area contributed by atoms with Gasteiger partial charge in [0.1, 0.15) is 0 Å². The fourth-order valence-electron chi connectivity index (χ4n) is 1.73. The first-order valence-electron chi connectivity index (χ1n) is 7.39. The lowest BCUT2D eigenvalue weighted by Gasteiger charge is -2.13. The summed E-state index contributed by atoms with van der Waals surface area (Å²) in [6, 6.07) is 7.24. The number of carbonyl (C=O) groups excluding carboxylic acids is 1. The van der Waals surface area contributed by atoms with Gasteiger partial charge >= 0.3 is 0 Å². The quantitative estimate of drug-likeness (QED) is 0.875. The average Bonchev–Trinajstić information content (AvgIpc) is 2.44. The van der Waals surface area contributed by atoms with Gasteiger partial charge in [0.15, 0.2) is 20.7 Å². The van der Waals surface area contributed by atoms with E-state index in [9.17, 15) is 13.2 Å². The van der Waals surface area contributed by atoms with Crippen molar-refractivity contribution in [3.63, 3.8) is 0 Å². The molecule has 0 aliphatic rings. The zero-order valence-corrected chi connectivity index (χ0v) is 12.9. The Morgan fingerprint density at radius 2 is 2.00 bits per heavy atom. The highest BCUT2D eigenvalue weighted by Crippen LogP contribution is 2.27. The van der Waals surface area contributed by atoms with Crippen molar-refractivity contribution < 1.29 is 17.3 Å². The minimum atomic E-state index is -3.55. The molecule has 0 atom stereocenters. The first-order valence-corrected chi connectivity index (χ1v) is 8.16. The van der Waals surface area contributed by atoms with Crippen molar-refractivity contribution in [2.45, 2.75) is 4.90 Å². The van der Waals surface area contributed by atoms with Gasteiger partial charge in [-0.05, 0) is 12.1 Å². The van der Waals surface area contributed by atoms with Crippen LogP contribution in [0.15, 0.2) is 35.2 Å². The molecule has 0 aliphatic carbocycles. The number of anilines is 2. The van der Waals surface area contributed by atoms with Crippen LogP contribution in [-0.4, -0.2) is 37.8 Å². The Morgan fingerprint density at radius 3 is 2.68 bits per heavy atom. The van der Waals surface area contributed by atoms with Crippen LogP contribution in [0.25, 0.3) is 0 Å². The third kappa shape index (κ3) is 3.52. The summed E-state index contributed by atoms with van der Waals surface area (Å²) in [4.78, 5) is 12.1. The van der Waals surface area contributed by atoms with Crippen molar-refractivity contribution in [2.24, 2.45) is 0 Å². The van der Waals surface area contributed by atoms with Crippen molar-refractivity contribution in [1.29, 1.82) is 0 Å². The summed E-state index contributed by atoms with van der Waals surface area (Å²) in [5.41, 5.74) is -0.154. The molecule has 0 unspecified atom stereocenters. The Morgan fingerprint density at radius 1 is 1.27 bits per heavy atom. The Hall–Kier alpha value is -2.19. The fraction of sp³-hybridized carbons (Fsp3) is 0.154. The van der Waals surface area contributed by atoms with E-state index in [0.717, 1.165) is 6.26 Å². The second kappa shape index (κ2) is 6.29. The molecular formula is C13H13ClN4O3S. The molecule has 0 aliphatic heterocycles. The molecule has 116 valence electrons. The number of sulfone groups is 1. The second-order valence-electron chi connectivity index (χ2n) is 4.28. The lowest BCUT2D eigenvalue weighted by Crippen LogP contribution is -2.21. The molecule has 0 radical (unpaired) electrons. The first kappa shape index (κ1) is 12.4. The second-order valence-corrected chi connectivity index (χ2v) is 6.65. The van der Waals surface area contributed by atoms with Crippen LogP contribution in [0.2, 0.25) is 5.15 Å². The number of amides is 1. The molecular weight excluding hydrogens is 328 g/mol. The molecule has 0 saturated carbocycles. The molecule has 1 heterocycles. The van der Waals surface area contributed by atoms with Crippen molar-refractivity contribution in [2.75, 3.05) is 18.5 Å². The predicted molar refractivity (Wildman–Crippen MR) is 83.3 cm³/mol. The molecule has 2 N–H and O–H groups in total. The third-order valence-electron chi connectivity index (χ3n) is 2.65. The highest BCUT2D eigenvalue weighted by molar-refractivity contribution is 7.90. The van der Waals surface area contributed by atoms with Gasteiger partial charge in [0.25, 0.3) is 5.91 Å². The number of nitrogens with one attached hydrogen (secondary N) is 2. The summed E-state index contributed by atoms with van der Waals surface area (Å²) in [5, 5.41) is 11.6. The molecule has 2 rings (SSSR count). The summed E-state index contributed by atoms with van der Waals surface area (Å²) in [6.07, 6.45) is 1.04. The number of aromatic nitrogens is 2. The van der Waals surface area contributed by atoms with E-state index in [1.165, 1.54) is 18.2 Å². The predicted octanol–water partition coefficient (Wildman–Crippen LogP) is 1.64. The van der Waals surface area contributed by atoms with Crippen molar-refractivity contribution in [1.82, 2.24) is 15.5 Å². The monoisotopic (exact) mass is 343 g/mol. The maximum absolute atomic E-state index is 12.1. The van der Waals surface area contributed by atoms with E-state index in [-0.39, 0.29) is 27.1 Å². The van der Waals surface area contributed by atoms with Crippen LogP contribution < -0.4 is 10.6 Å². The molecule has 22 heavy (non-hydrogen) atoms. The van der Waals surface area contributed by atoms with Gasteiger partial charge in [0, 0.05) is 23.4 Å². The number of benzene rings is 1. The Kier molecular flexibility index (Phi) is 3.53. The van der Waals surface area contributed by atoms with Crippen LogP contribution in [-0.2, 0) is 9.84 Å². The number of nitrogens with zero attached hydrogens (tertiary/aromatic N) is 2. The van der Waals surface area contributed by atoms with Gasteiger partial charge < -0.3 is 10.6 Å². The van der Waals surface area contributed by atoms with Crippen LogP contribution in [0.5, 0.6) is 0 Å². The van der Waals surface area contributed by atoms with Gasteiger partial charge in [0.05, 0.1) is 16.3 Å². The average molecular weight is 344 g/mol. The summed E-state index contributed by atoms with van der Waals surface area (Å²) in [5.74, 6) is -1.01. The molecule has 1 amide bonds. The van der Waals surface area contributed by atoms with Crippen molar-refractivity contribution in [3.8, 4) is 0 Å². The highest BCUT2D eigenvalue weighted by Gasteiger charge is 2.17. The molecule has 7 nitrogen and oxygen atoms in total. The van der Waals surface area contributed by atoms with E-state index < -0.39 is 22.7 Å². The number of rotatable bonds is 4. The normalized spacial score (nSPS) is 13.6. The number of hydrogen-bond donors (Lipinski definition) is 2. The lowest BCUT2D eigenvalue weighted by molar-refractivity contribution is 0.0958. The van der Waals surface area contributed by atoms with Crippen LogP contribution >= 0.6 is 11.6 Å². The number of para-hydroxylation sites is 1. The minimum Gasteiger partial charge on any atom is -0.354 e. The largest absolute Gasteiger partial charge is 0.354 e. The maximum Gasteiger partial charge on any atom is 0.273 e. The molecule has 0 saturated heterocycles. The Labute approximate surface area is 136 Å². The molecule has 1 aromatic heterocycles. The summed E-state index contributed by atoms with van der Waals surface area (Å²) in [6.45, 7) is -2.72. The van der Waals surface area contributed by atoms with Gasteiger partial charge in [-0.3, -0.25) is 4.79 Å². The van der Waals surface area contributed by atoms with E-state index in [1.54, 1.807) is 17.4 Å². The third-order valence-corrected chi connectivity index (χ3v) is 3.99. The molecule has 0 fully saturated rings. The Bertz CT molecular complexity index is 919. The van der Waals surface area contributed by atoms with Crippen molar-refractivity contribution in [3.05, 3.63) is 41.2 Å². The minimum absolute atomic E-state index is 0.00915. The molecule has 0 spiro atoms. The molecule has 1 aromatic carbocycles. The Balaban J connectivity index is 2.48. The summed E-state index contributed by atoms with van der Waals surface area (Å²) in [7, 11) is -3.55. The van der Waals surface area contributed by atoms with Crippen LogP contribution in [0, 0.1) is 0 Å². The van der Waals surface area contributed by atoms with Crippen LogP contribution in [0.4, 0.5) is 11.4 Å². The zero-order valence-electron chi connectivity index (χ0n) is 14.3.